The van der Waals surface area contributed by atoms with Crippen LogP contribution in [0.3, 0.4) is 0 Å². The Hall–Kier alpha value is -3.11. The topological polar surface area (TPSA) is 76.0 Å². The molecule has 0 aliphatic carbocycles. The average molecular weight is 412 g/mol. The maximum Gasteiger partial charge on any atom is 0.315 e. The molecule has 1 atom stereocenters. The smallest absolute Gasteiger partial charge is 0.315 e. The van der Waals surface area contributed by atoms with E-state index in [0.29, 0.717) is 24.6 Å². The number of urea groups is 1. The molecule has 0 bridgehead atoms. The Bertz CT molecular complexity index is 839. The van der Waals surface area contributed by atoms with Crippen molar-refractivity contribution in [3.05, 3.63) is 47.9 Å². The summed E-state index contributed by atoms with van der Waals surface area (Å²) >= 11 is 0. The summed E-state index contributed by atoms with van der Waals surface area (Å²) in [4.78, 5) is 14.8. The number of nitrogens with one attached hydrogen (secondary N) is 2. The number of carbonyl (C=O) groups excluding carboxylic acids is 1. The van der Waals surface area contributed by atoms with E-state index in [1.807, 2.05) is 24.3 Å². The molecule has 0 saturated carbocycles. The first-order valence-electron chi connectivity index (χ1n) is 10.2. The first kappa shape index (κ1) is 21.6. The minimum absolute atomic E-state index is 0.0378. The summed E-state index contributed by atoms with van der Waals surface area (Å²) in [6.45, 7) is 3.02. The molecule has 7 heteroatoms. The van der Waals surface area contributed by atoms with Gasteiger partial charge >= 0.3 is 6.03 Å². The fraction of sp³-hybridized carbons (Fsp3) is 0.435. The zero-order valence-electron chi connectivity index (χ0n) is 17.4. The van der Waals surface area contributed by atoms with Crippen molar-refractivity contribution in [3.63, 3.8) is 0 Å². The maximum absolute atomic E-state index is 12.4. The van der Waals surface area contributed by atoms with Crippen LogP contribution in [0, 0.1) is 12.3 Å². The molecule has 2 N–H and O–H groups in total. The fourth-order valence-electron chi connectivity index (χ4n) is 3.62. The monoisotopic (exact) mass is 411 g/mol. The van der Waals surface area contributed by atoms with Gasteiger partial charge in [0.25, 0.3) is 0 Å². The van der Waals surface area contributed by atoms with Gasteiger partial charge in [0, 0.05) is 13.1 Å². The van der Waals surface area contributed by atoms with E-state index in [1.165, 1.54) is 19.3 Å². The van der Waals surface area contributed by atoms with E-state index in [-0.39, 0.29) is 18.7 Å². The number of rotatable bonds is 9. The summed E-state index contributed by atoms with van der Waals surface area (Å²) in [6.07, 6.45) is 10.5. The molecule has 1 aliphatic heterocycles. The summed E-state index contributed by atoms with van der Waals surface area (Å²) < 4.78 is 16.4. The number of ether oxygens (including phenoxy) is 2. The number of hydrogen-bond acceptors (Lipinski definition) is 5. The van der Waals surface area contributed by atoms with E-state index in [1.54, 1.807) is 19.4 Å². The zero-order valence-corrected chi connectivity index (χ0v) is 17.4. The van der Waals surface area contributed by atoms with Gasteiger partial charge in [-0.15, -0.1) is 6.42 Å². The summed E-state index contributed by atoms with van der Waals surface area (Å²) in [6, 6.07) is 9.14. The van der Waals surface area contributed by atoms with Gasteiger partial charge in [-0.05, 0) is 55.8 Å². The number of hydrogen-bond donors (Lipinski definition) is 2. The quantitative estimate of drug-likeness (QED) is 0.619. The molecule has 3 rings (SSSR count). The maximum atomic E-state index is 12.4. The first-order valence-corrected chi connectivity index (χ1v) is 10.2. The fourth-order valence-corrected chi connectivity index (χ4v) is 3.62. The summed E-state index contributed by atoms with van der Waals surface area (Å²) in [5.41, 5.74) is 0.886. The van der Waals surface area contributed by atoms with Gasteiger partial charge in [-0.1, -0.05) is 18.4 Å². The Morgan fingerprint density at radius 2 is 2.07 bits per heavy atom. The predicted molar refractivity (Wildman–Crippen MR) is 114 cm³/mol. The number of terminal acetylenes is 1. The molecule has 1 aliphatic rings. The lowest BCUT2D eigenvalue weighted by Gasteiger charge is -2.33. The molecule has 30 heavy (non-hydrogen) atoms. The van der Waals surface area contributed by atoms with E-state index in [0.717, 1.165) is 24.4 Å². The van der Waals surface area contributed by atoms with Crippen LogP contribution in [0.2, 0.25) is 0 Å². The van der Waals surface area contributed by atoms with Gasteiger partial charge in [0.1, 0.15) is 12.4 Å². The number of methoxy groups -OCH3 is 1. The van der Waals surface area contributed by atoms with Crippen LogP contribution in [0.25, 0.3) is 0 Å². The van der Waals surface area contributed by atoms with Gasteiger partial charge in [0.2, 0.25) is 0 Å². The van der Waals surface area contributed by atoms with Gasteiger partial charge < -0.3 is 24.5 Å². The van der Waals surface area contributed by atoms with E-state index >= 15 is 0 Å². The number of nitrogens with zero attached hydrogens (tertiary/aromatic N) is 1. The molecule has 2 heterocycles. The zero-order chi connectivity index (χ0) is 21.2. The van der Waals surface area contributed by atoms with Crippen LogP contribution in [-0.2, 0) is 6.54 Å². The van der Waals surface area contributed by atoms with Crippen molar-refractivity contribution in [2.24, 2.45) is 0 Å². The van der Waals surface area contributed by atoms with Crippen LogP contribution in [0.1, 0.15) is 36.6 Å². The Labute approximate surface area is 177 Å². The average Bonchev–Trinajstić information content (AvgIpc) is 3.31. The Balaban J connectivity index is 1.54. The highest BCUT2D eigenvalue weighted by Gasteiger charge is 2.24. The molecular weight excluding hydrogens is 382 g/mol. The standard InChI is InChI=1S/C23H29N3O4/c1-3-13-29-22-15-18(9-10-21(22)28-2)16-24-23(27)25-17-19(20-8-7-14-30-20)26-11-5-4-6-12-26/h1,7-10,14-15,19H,4-6,11-13,16-17H2,2H3,(H2,24,25,27). The van der Waals surface area contributed by atoms with Crippen molar-refractivity contribution < 1.29 is 18.7 Å². The minimum atomic E-state index is -0.231. The van der Waals surface area contributed by atoms with E-state index < -0.39 is 0 Å². The number of amides is 2. The molecular formula is C23H29N3O4. The van der Waals surface area contributed by atoms with Crippen LogP contribution in [0.15, 0.2) is 41.0 Å². The van der Waals surface area contributed by atoms with Crippen molar-refractivity contribution in [1.82, 2.24) is 15.5 Å². The van der Waals surface area contributed by atoms with Gasteiger partial charge in [-0.25, -0.2) is 4.79 Å². The molecule has 7 nitrogen and oxygen atoms in total. The highest BCUT2D eigenvalue weighted by molar-refractivity contribution is 5.73. The number of furan rings is 1. The second-order valence-electron chi connectivity index (χ2n) is 7.17. The SMILES string of the molecule is C#CCOc1cc(CNC(=O)NCC(c2ccco2)N2CCCCC2)ccc1OC. The van der Waals surface area contributed by atoms with Crippen molar-refractivity contribution in [2.75, 3.05) is 33.4 Å². The highest BCUT2D eigenvalue weighted by atomic mass is 16.5. The second-order valence-corrected chi connectivity index (χ2v) is 7.17. The van der Waals surface area contributed by atoms with Gasteiger partial charge in [0.05, 0.1) is 19.4 Å². The van der Waals surface area contributed by atoms with Crippen LogP contribution in [-0.4, -0.2) is 44.3 Å². The van der Waals surface area contributed by atoms with Crippen LogP contribution in [0.5, 0.6) is 11.5 Å². The lowest BCUT2D eigenvalue weighted by Crippen LogP contribution is -2.43. The second kappa shape index (κ2) is 11.2. The Morgan fingerprint density at radius 1 is 1.23 bits per heavy atom. The van der Waals surface area contributed by atoms with Gasteiger partial charge in [-0.3, -0.25) is 4.90 Å². The third-order valence-electron chi connectivity index (χ3n) is 5.15. The molecule has 0 radical (unpaired) electrons. The predicted octanol–water partition coefficient (Wildman–Crippen LogP) is 3.33. The molecule has 2 aromatic rings. The molecule has 160 valence electrons. The number of benzene rings is 1. The van der Waals surface area contributed by atoms with Crippen LogP contribution < -0.4 is 20.1 Å². The number of likely N-dealkylation sites (tertiary alicyclic amines) is 1. The normalized spacial score (nSPS) is 15.1. The molecule has 1 saturated heterocycles. The third kappa shape index (κ3) is 5.94. The van der Waals surface area contributed by atoms with Crippen molar-refractivity contribution in [1.29, 1.82) is 0 Å². The third-order valence-corrected chi connectivity index (χ3v) is 5.15. The molecule has 0 spiro atoms. The van der Waals surface area contributed by atoms with Crippen molar-refractivity contribution in [3.8, 4) is 23.8 Å². The first-order chi connectivity index (χ1) is 14.7. The number of carbonyl (C=O) groups is 1. The van der Waals surface area contributed by atoms with Gasteiger partial charge in [0.15, 0.2) is 11.5 Å². The molecule has 1 aromatic carbocycles. The lowest BCUT2D eigenvalue weighted by molar-refractivity contribution is 0.143. The largest absolute Gasteiger partial charge is 0.493 e. The Morgan fingerprint density at radius 3 is 2.77 bits per heavy atom. The Kier molecular flexibility index (Phi) is 8.04. The van der Waals surface area contributed by atoms with Crippen LogP contribution in [0.4, 0.5) is 4.79 Å². The van der Waals surface area contributed by atoms with E-state index in [9.17, 15) is 4.79 Å². The van der Waals surface area contributed by atoms with E-state index in [4.69, 9.17) is 20.3 Å². The van der Waals surface area contributed by atoms with Crippen LogP contribution >= 0.6 is 0 Å². The molecule has 1 aromatic heterocycles. The van der Waals surface area contributed by atoms with E-state index in [2.05, 4.69) is 21.5 Å². The van der Waals surface area contributed by atoms with Crippen molar-refractivity contribution in [2.45, 2.75) is 31.8 Å². The molecule has 2 amide bonds. The molecule has 1 unspecified atom stereocenters. The van der Waals surface area contributed by atoms with Gasteiger partial charge in [-0.2, -0.15) is 0 Å². The summed E-state index contributed by atoms with van der Waals surface area (Å²) in [5.74, 6) is 4.46. The minimum Gasteiger partial charge on any atom is -0.493 e. The van der Waals surface area contributed by atoms with Crippen molar-refractivity contribution >= 4 is 6.03 Å². The highest BCUT2D eigenvalue weighted by Crippen LogP contribution is 2.28. The lowest BCUT2D eigenvalue weighted by atomic mass is 10.1. The number of piperidine rings is 1. The summed E-state index contributed by atoms with van der Waals surface area (Å²) in [7, 11) is 1.57. The summed E-state index contributed by atoms with van der Waals surface area (Å²) in [5, 5.41) is 5.86. The molecule has 1 fully saturated rings.